The normalized spacial score (nSPS) is 15.4. The van der Waals surface area contributed by atoms with Gasteiger partial charge in [-0.3, -0.25) is 0 Å². The van der Waals surface area contributed by atoms with E-state index in [1.807, 2.05) is 0 Å². The molecule has 0 fully saturated rings. The number of rotatable bonds is 6. The minimum atomic E-state index is 0.451. The van der Waals surface area contributed by atoms with Gasteiger partial charge in [-0.2, -0.15) is 0 Å². The number of terminal acetylenes is 1. The lowest BCUT2D eigenvalue weighted by Crippen LogP contribution is -2.34. The van der Waals surface area contributed by atoms with E-state index in [4.69, 9.17) is 6.42 Å². The molecule has 76 valence electrons. The van der Waals surface area contributed by atoms with Gasteiger partial charge in [0.25, 0.3) is 0 Å². The molecular formula is C12H23N. The second-order valence-electron chi connectivity index (χ2n) is 4.35. The molecule has 0 rings (SSSR count). The topological polar surface area (TPSA) is 12.0 Å². The van der Waals surface area contributed by atoms with Gasteiger partial charge in [0.1, 0.15) is 0 Å². The summed E-state index contributed by atoms with van der Waals surface area (Å²) in [6.07, 6.45) is 8.59. The molecule has 0 bridgehead atoms. The fourth-order valence-electron chi connectivity index (χ4n) is 1.39. The highest BCUT2D eigenvalue weighted by molar-refractivity contribution is 4.88. The molecule has 2 unspecified atom stereocenters. The van der Waals surface area contributed by atoms with E-state index >= 15 is 0 Å². The summed E-state index contributed by atoms with van der Waals surface area (Å²) < 4.78 is 0. The number of hydrogen-bond acceptors (Lipinski definition) is 1. The van der Waals surface area contributed by atoms with E-state index in [-0.39, 0.29) is 0 Å². The van der Waals surface area contributed by atoms with Crippen LogP contribution in [0.3, 0.4) is 0 Å². The van der Waals surface area contributed by atoms with Crippen LogP contribution in [0.5, 0.6) is 0 Å². The van der Waals surface area contributed by atoms with Gasteiger partial charge in [-0.1, -0.05) is 13.8 Å². The summed E-state index contributed by atoms with van der Waals surface area (Å²) in [5, 5.41) is 3.49. The van der Waals surface area contributed by atoms with Crippen LogP contribution in [0.2, 0.25) is 0 Å². The molecule has 0 heterocycles. The monoisotopic (exact) mass is 181 g/mol. The highest BCUT2D eigenvalue weighted by Gasteiger charge is 2.06. The molecule has 1 N–H and O–H groups in total. The molecule has 0 aromatic heterocycles. The number of nitrogens with one attached hydrogen (secondary N) is 1. The van der Waals surface area contributed by atoms with Gasteiger partial charge in [0.15, 0.2) is 0 Å². The van der Waals surface area contributed by atoms with Gasteiger partial charge in [0.05, 0.1) is 0 Å². The highest BCUT2D eigenvalue weighted by atomic mass is 14.9. The van der Waals surface area contributed by atoms with Gasteiger partial charge >= 0.3 is 0 Å². The highest BCUT2D eigenvalue weighted by Crippen LogP contribution is 2.07. The Labute approximate surface area is 83.3 Å². The van der Waals surface area contributed by atoms with E-state index in [0.717, 1.165) is 12.3 Å². The van der Waals surface area contributed by atoms with Gasteiger partial charge in [-0.05, 0) is 32.6 Å². The molecule has 1 nitrogen and oxygen atoms in total. The van der Waals surface area contributed by atoms with Crippen LogP contribution in [-0.2, 0) is 0 Å². The zero-order chi connectivity index (χ0) is 10.3. The molecule has 0 aromatic rings. The maximum Gasteiger partial charge on any atom is 0.0238 e. The third-order valence-corrected chi connectivity index (χ3v) is 2.17. The van der Waals surface area contributed by atoms with E-state index < -0.39 is 0 Å². The Bertz CT molecular complexity index is 155. The van der Waals surface area contributed by atoms with Gasteiger partial charge in [-0.25, -0.2) is 0 Å². The third kappa shape index (κ3) is 7.87. The maximum atomic E-state index is 5.24. The minimum Gasteiger partial charge on any atom is -0.311 e. The molecule has 0 saturated carbocycles. The average Bonchev–Trinajstić information content (AvgIpc) is 2.01. The van der Waals surface area contributed by atoms with Crippen LogP contribution in [0.25, 0.3) is 0 Å². The molecule has 0 spiro atoms. The lowest BCUT2D eigenvalue weighted by Gasteiger charge is -2.19. The van der Waals surface area contributed by atoms with Gasteiger partial charge in [0, 0.05) is 18.5 Å². The van der Waals surface area contributed by atoms with Crippen LogP contribution in [0.1, 0.15) is 47.0 Å². The summed E-state index contributed by atoms with van der Waals surface area (Å²) in [5.74, 6) is 3.47. The van der Waals surface area contributed by atoms with Crippen LogP contribution in [0.4, 0.5) is 0 Å². The van der Waals surface area contributed by atoms with Gasteiger partial charge in [-0.15, -0.1) is 12.3 Å². The Morgan fingerprint density at radius 1 is 1.08 bits per heavy atom. The minimum absolute atomic E-state index is 0.451. The van der Waals surface area contributed by atoms with Crippen molar-refractivity contribution in [1.29, 1.82) is 0 Å². The van der Waals surface area contributed by atoms with Crippen molar-refractivity contribution < 1.29 is 0 Å². The Morgan fingerprint density at radius 2 is 1.69 bits per heavy atom. The predicted octanol–water partition coefficient (Wildman–Crippen LogP) is 2.81. The van der Waals surface area contributed by atoms with E-state index in [0.29, 0.717) is 12.1 Å². The predicted molar refractivity (Wildman–Crippen MR) is 59.6 cm³/mol. The van der Waals surface area contributed by atoms with Gasteiger partial charge < -0.3 is 5.32 Å². The molecule has 0 aliphatic rings. The summed E-state index contributed by atoms with van der Waals surface area (Å²) in [6.45, 7) is 8.90. The second kappa shape index (κ2) is 6.97. The first-order valence-corrected chi connectivity index (χ1v) is 5.25. The smallest absolute Gasteiger partial charge is 0.0238 e. The van der Waals surface area contributed by atoms with Crippen LogP contribution >= 0.6 is 0 Å². The molecule has 13 heavy (non-hydrogen) atoms. The standard InChI is InChI=1S/C12H23N/c1-6-7-11(4)13-12(5)9-8-10(2)3/h1,10-13H,7-9H2,2-5H3. The Balaban J connectivity index is 3.50. The van der Waals surface area contributed by atoms with Crippen molar-refractivity contribution in [2.45, 2.75) is 59.0 Å². The second-order valence-corrected chi connectivity index (χ2v) is 4.35. The lowest BCUT2D eigenvalue weighted by molar-refractivity contribution is 0.414. The SMILES string of the molecule is C#CCC(C)NC(C)CCC(C)C. The largest absolute Gasteiger partial charge is 0.311 e. The van der Waals surface area contributed by atoms with Crippen molar-refractivity contribution >= 4 is 0 Å². The maximum absolute atomic E-state index is 5.24. The fourth-order valence-corrected chi connectivity index (χ4v) is 1.39. The van der Waals surface area contributed by atoms with Crippen LogP contribution in [0, 0.1) is 18.3 Å². The molecular weight excluding hydrogens is 158 g/mol. The van der Waals surface area contributed by atoms with E-state index in [1.165, 1.54) is 12.8 Å². The van der Waals surface area contributed by atoms with Crippen LogP contribution in [-0.4, -0.2) is 12.1 Å². The molecule has 0 saturated heterocycles. The number of hydrogen-bond donors (Lipinski definition) is 1. The lowest BCUT2D eigenvalue weighted by atomic mass is 10.0. The van der Waals surface area contributed by atoms with Crippen LogP contribution < -0.4 is 5.32 Å². The summed E-state index contributed by atoms with van der Waals surface area (Å²) in [6, 6.07) is 1.04. The summed E-state index contributed by atoms with van der Waals surface area (Å²) >= 11 is 0. The average molecular weight is 181 g/mol. The zero-order valence-corrected chi connectivity index (χ0v) is 9.43. The fraction of sp³-hybridized carbons (Fsp3) is 0.833. The first-order chi connectivity index (χ1) is 6.06. The Morgan fingerprint density at radius 3 is 2.15 bits per heavy atom. The first-order valence-electron chi connectivity index (χ1n) is 5.25. The van der Waals surface area contributed by atoms with Crippen molar-refractivity contribution in [2.75, 3.05) is 0 Å². The Hall–Kier alpha value is -0.480. The molecule has 1 heteroatoms. The van der Waals surface area contributed by atoms with Crippen molar-refractivity contribution in [3.63, 3.8) is 0 Å². The van der Waals surface area contributed by atoms with Crippen molar-refractivity contribution in [2.24, 2.45) is 5.92 Å². The van der Waals surface area contributed by atoms with Crippen molar-refractivity contribution in [1.82, 2.24) is 5.32 Å². The first kappa shape index (κ1) is 12.5. The molecule has 0 aromatic carbocycles. The van der Waals surface area contributed by atoms with Crippen molar-refractivity contribution in [3.05, 3.63) is 0 Å². The Kier molecular flexibility index (Phi) is 6.72. The molecule has 2 atom stereocenters. The van der Waals surface area contributed by atoms with E-state index in [2.05, 4.69) is 38.9 Å². The molecule has 0 aliphatic carbocycles. The summed E-state index contributed by atoms with van der Waals surface area (Å²) in [4.78, 5) is 0. The van der Waals surface area contributed by atoms with Gasteiger partial charge in [0.2, 0.25) is 0 Å². The quantitative estimate of drug-likeness (QED) is 0.621. The van der Waals surface area contributed by atoms with E-state index in [9.17, 15) is 0 Å². The van der Waals surface area contributed by atoms with E-state index in [1.54, 1.807) is 0 Å². The third-order valence-electron chi connectivity index (χ3n) is 2.17. The molecule has 0 amide bonds. The zero-order valence-electron chi connectivity index (χ0n) is 9.43. The summed E-state index contributed by atoms with van der Waals surface area (Å²) in [5.41, 5.74) is 0. The van der Waals surface area contributed by atoms with Crippen molar-refractivity contribution in [3.8, 4) is 12.3 Å². The molecule has 0 aliphatic heterocycles. The van der Waals surface area contributed by atoms with Crippen LogP contribution in [0.15, 0.2) is 0 Å². The summed E-state index contributed by atoms with van der Waals surface area (Å²) in [7, 11) is 0. The molecule has 0 radical (unpaired) electrons.